The highest BCUT2D eigenvalue weighted by molar-refractivity contribution is 6.96. The minimum absolute atomic E-state index is 1.10. The van der Waals surface area contributed by atoms with Gasteiger partial charge in [-0.2, -0.15) is 0 Å². The Hall–Kier alpha value is 0.459. The second-order valence-electron chi connectivity index (χ2n) is 5.30. The number of rotatable bonds is 4. The highest BCUT2D eigenvalue weighted by Gasteiger charge is 2.32. The fourth-order valence-corrected chi connectivity index (χ4v) is 11.2. The van der Waals surface area contributed by atoms with E-state index in [4.69, 9.17) is 0 Å². The molecule has 0 atom stereocenters. The molecule has 71 valence electrons. The second-order valence-corrected chi connectivity index (χ2v) is 15.4. The second kappa shape index (κ2) is 4.11. The summed E-state index contributed by atoms with van der Waals surface area (Å²) < 4.78 is 2.71. The van der Waals surface area contributed by atoms with Gasteiger partial charge in [0.15, 0.2) is 7.41 Å². The highest BCUT2D eigenvalue weighted by atomic mass is 28.4. The van der Waals surface area contributed by atoms with Gasteiger partial charge in [-0.25, -0.2) is 0 Å². The molecule has 0 saturated carbocycles. The molecule has 1 nitrogen and oxygen atoms in total. The average Bonchev–Trinajstić information content (AvgIpc) is 1.77. The third kappa shape index (κ3) is 3.92. The van der Waals surface area contributed by atoms with E-state index in [-0.39, 0.29) is 0 Å². The van der Waals surface area contributed by atoms with Crippen molar-refractivity contribution in [3.63, 3.8) is 0 Å². The molecule has 0 saturated heterocycles. The van der Waals surface area contributed by atoms with Crippen molar-refractivity contribution in [3.8, 4) is 0 Å². The van der Waals surface area contributed by atoms with Crippen LogP contribution in [0.5, 0.6) is 0 Å². The maximum Gasteiger partial charge on any atom is 0.193 e. The molecule has 0 fully saturated rings. The molecular weight excluding hydrogens is 177 g/mol. The minimum Gasteiger partial charge on any atom is -0.392 e. The molecule has 0 rings (SSSR count). The van der Waals surface area contributed by atoms with Crippen molar-refractivity contribution in [2.45, 2.75) is 52.5 Å². The first kappa shape index (κ1) is 12.5. The van der Waals surface area contributed by atoms with Gasteiger partial charge in [0, 0.05) is 0 Å². The van der Waals surface area contributed by atoms with Crippen molar-refractivity contribution in [2.24, 2.45) is 0 Å². The molecular formula is C8H23BNSi2. The summed E-state index contributed by atoms with van der Waals surface area (Å²) in [6.07, 6.45) is 1.18. The third-order valence-electron chi connectivity index (χ3n) is 1.81. The van der Waals surface area contributed by atoms with E-state index < -0.39 is 16.5 Å². The van der Waals surface area contributed by atoms with Crippen molar-refractivity contribution in [1.29, 1.82) is 0 Å². The Labute approximate surface area is 81.0 Å². The summed E-state index contributed by atoms with van der Waals surface area (Å²) >= 11 is 0. The Morgan fingerprint density at radius 1 is 0.917 bits per heavy atom. The molecule has 12 heavy (non-hydrogen) atoms. The van der Waals surface area contributed by atoms with Gasteiger partial charge in [-0.3, -0.25) is 0 Å². The number of hydrogen-bond acceptors (Lipinski definition) is 1. The standard InChI is InChI=1S/C8H23BNSi2/c1-8-9-10(11(2,3)4)12(5,6)7/h8H2,1-7H3. The summed E-state index contributed by atoms with van der Waals surface area (Å²) in [5.41, 5.74) is 0. The molecule has 0 aliphatic heterocycles. The fraction of sp³-hybridized carbons (Fsp3) is 1.00. The van der Waals surface area contributed by atoms with Gasteiger partial charge in [-0.15, -0.1) is 0 Å². The number of hydrogen-bond donors (Lipinski definition) is 0. The fourth-order valence-electron chi connectivity index (χ4n) is 1.74. The summed E-state index contributed by atoms with van der Waals surface area (Å²) in [7, 11) is 0.208. The SMILES string of the molecule is CC[B]N([Si](C)(C)C)[Si](C)(C)C. The van der Waals surface area contributed by atoms with Gasteiger partial charge >= 0.3 is 0 Å². The molecule has 0 N–H and O–H groups in total. The van der Waals surface area contributed by atoms with E-state index in [1.807, 2.05) is 0 Å². The lowest BCUT2D eigenvalue weighted by Crippen LogP contribution is -2.60. The Balaban J connectivity index is 4.45. The van der Waals surface area contributed by atoms with Crippen molar-refractivity contribution in [3.05, 3.63) is 0 Å². The van der Waals surface area contributed by atoms with Gasteiger partial charge in [-0.1, -0.05) is 52.5 Å². The van der Waals surface area contributed by atoms with Crippen LogP contribution in [0.1, 0.15) is 6.92 Å². The van der Waals surface area contributed by atoms with E-state index in [0.717, 1.165) is 0 Å². The van der Waals surface area contributed by atoms with E-state index in [0.29, 0.717) is 0 Å². The van der Waals surface area contributed by atoms with Gasteiger partial charge in [0.2, 0.25) is 0 Å². The molecule has 0 spiro atoms. The van der Waals surface area contributed by atoms with Gasteiger partial charge in [0.25, 0.3) is 0 Å². The molecule has 4 heteroatoms. The molecule has 0 unspecified atom stereocenters. The summed E-state index contributed by atoms with van der Waals surface area (Å²) in [5, 5.41) is 0. The average molecular weight is 200 g/mol. The molecule has 0 aliphatic carbocycles. The molecule has 0 aromatic carbocycles. The van der Waals surface area contributed by atoms with Crippen LogP contribution in [-0.2, 0) is 0 Å². The lowest BCUT2D eigenvalue weighted by molar-refractivity contribution is 0.941. The highest BCUT2D eigenvalue weighted by Crippen LogP contribution is 2.18. The predicted octanol–water partition coefficient (Wildman–Crippen LogP) is 3.02. The van der Waals surface area contributed by atoms with E-state index in [1.54, 1.807) is 0 Å². The maximum absolute atomic E-state index is 2.71. The van der Waals surface area contributed by atoms with Crippen LogP contribution < -0.4 is 0 Å². The van der Waals surface area contributed by atoms with Gasteiger partial charge < -0.3 is 4.14 Å². The lowest BCUT2D eigenvalue weighted by Gasteiger charge is -2.43. The molecule has 0 amide bonds. The van der Waals surface area contributed by atoms with E-state index in [2.05, 4.69) is 57.8 Å². The molecule has 0 aromatic heterocycles. The van der Waals surface area contributed by atoms with Crippen LogP contribution in [0.4, 0.5) is 0 Å². The predicted molar refractivity (Wildman–Crippen MR) is 64.8 cm³/mol. The zero-order valence-corrected chi connectivity index (χ0v) is 11.7. The lowest BCUT2D eigenvalue weighted by atomic mass is 9.93. The maximum atomic E-state index is 2.71. The van der Waals surface area contributed by atoms with E-state index >= 15 is 0 Å². The van der Waals surface area contributed by atoms with Crippen LogP contribution in [0.15, 0.2) is 0 Å². The first-order valence-electron chi connectivity index (χ1n) is 4.82. The van der Waals surface area contributed by atoms with Crippen LogP contribution in [-0.4, -0.2) is 28.0 Å². The Morgan fingerprint density at radius 2 is 1.25 bits per heavy atom. The zero-order chi connectivity index (χ0) is 9.99. The third-order valence-corrected chi connectivity index (χ3v) is 9.09. The van der Waals surface area contributed by atoms with Gasteiger partial charge in [-0.05, 0) is 0 Å². The first-order valence-corrected chi connectivity index (χ1v) is 11.7. The van der Waals surface area contributed by atoms with Gasteiger partial charge in [0.05, 0.1) is 0 Å². The quantitative estimate of drug-likeness (QED) is 0.630. The topological polar surface area (TPSA) is 3.24 Å². The van der Waals surface area contributed by atoms with Crippen molar-refractivity contribution in [2.75, 3.05) is 0 Å². The molecule has 0 aliphatic rings. The van der Waals surface area contributed by atoms with Crippen LogP contribution >= 0.6 is 0 Å². The smallest absolute Gasteiger partial charge is 0.193 e. The summed E-state index contributed by atoms with van der Waals surface area (Å²) in [4.78, 5) is 0. The largest absolute Gasteiger partial charge is 0.392 e. The molecule has 0 heterocycles. The first-order chi connectivity index (χ1) is 5.19. The van der Waals surface area contributed by atoms with Crippen LogP contribution in [0.3, 0.4) is 0 Å². The Kier molecular flexibility index (Phi) is 4.27. The van der Waals surface area contributed by atoms with Crippen LogP contribution in [0.2, 0.25) is 45.6 Å². The normalized spacial score (nSPS) is 13.7. The van der Waals surface area contributed by atoms with Crippen molar-refractivity contribution < 1.29 is 0 Å². The van der Waals surface area contributed by atoms with Crippen molar-refractivity contribution in [1.82, 2.24) is 4.14 Å². The summed E-state index contributed by atoms with van der Waals surface area (Å²) in [6, 6.07) is 0. The zero-order valence-electron chi connectivity index (χ0n) is 9.73. The monoisotopic (exact) mass is 200 g/mol. The molecule has 0 bridgehead atoms. The number of nitrogens with zero attached hydrogens (tertiary/aromatic N) is 1. The minimum atomic E-state index is -1.10. The van der Waals surface area contributed by atoms with Crippen LogP contribution in [0, 0.1) is 0 Å². The summed E-state index contributed by atoms with van der Waals surface area (Å²) in [6.45, 7) is 16.8. The summed E-state index contributed by atoms with van der Waals surface area (Å²) in [5.74, 6) is 0. The van der Waals surface area contributed by atoms with Gasteiger partial charge in [0.1, 0.15) is 16.5 Å². The Bertz CT molecular complexity index is 123. The van der Waals surface area contributed by atoms with Crippen LogP contribution in [0.25, 0.3) is 0 Å². The van der Waals surface area contributed by atoms with E-state index in [1.165, 1.54) is 6.32 Å². The molecule has 1 radical (unpaired) electrons. The Morgan fingerprint density at radius 3 is 1.33 bits per heavy atom. The van der Waals surface area contributed by atoms with Crippen molar-refractivity contribution >= 4 is 23.9 Å². The van der Waals surface area contributed by atoms with E-state index in [9.17, 15) is 0 Å². The molecule has 0 aromatic rings.